The van der Waals surface area contributed by atoms with Crippen LogP contribution in [0.25, 0.3) is 0 Å². The Morgan fingerprint density at radius 2 is 1.69 bits per heavy atom. The monoisotopic (exact) mass is 215 g/mol. The third-order valence-electron chi connectivity index (χ3n) is 2.70. The Hall–Kier alpha value is -1.77. The quantitative estimate of drug-likeness (QED) is 0.848. The minimum absolute atomic E-state index is 0.931. The van der Waals surface area contributed by atoms with Crippen LogP contribution in [0.15, 0.2) is 36.7 Å². The smallest absolute Gasteiger partial charge is 0.0366 e. The second kappa shape index (κ2) is 4.84. The zero-order valence-electron chi connectivity index (χ0n) is 9.77. The first-order valence-electron chi connectivity index (χ1n) is 5.55. The first kappa shape index (κ1) is 10.7. The van der Waals surface area contributed by atoms with E-state index in [2.05, 4.69) is 53.2 Å². The van der Waals surface area contributed by atoms with Gasteiger partial charge in [0.2, 0.25) is 0 Å². The van der Waals surface area contributed by atoms with E-state index in [1.807, 2.05) is 12.4 Å². The maximum atomic E-state index is 4.01. The molecule has 0 aliphatic rings. The molecule has 2 rings (SSSR count). The molecule has 0 aliphatic heterocycles. The zero-order chi connectivity index (χ0) is 11.4. The average Bonchev–Trinajstić information content (AvgIpc) is 2.62. The Morgan fingerprint density at radius 1 is 1.06 bits per heavy atom. The fourth-order valence-electron chi connectivity index (χ4n) is 1.78. The number of aromatic nitrogens is 2. The molecule has 0 amide bonds. The van der Waals surface area contributed by atoms with Crippen molar-refractivity contribution < 1.29 is 0 Å². The van der Waals surface area contributed by atoms with Crippen molar-refractivity contribution in [3.63, 3.8) is 0 Å². The van der Waals surface area contributed by atoms with Crippen LogP contribution < -0.4 is 5.43 Å². The molecule has 3 nitrogen and oxygen atoms in total. The molecule has 0 bridgehead atoms. The molecule has 0 fully saturated rings. The van der Waals surface area contributed by atoms with Gasteiger partial charge in [0.25, 0.3) is 0 Å². The molecular formula is C13H17N3. The molecule has 0 aliphatic carbocycles. The Kier molecular flexibility index (Phi) is 3.25. The molecule has 0 unspecified atom stereocenters. The third-order valence-corrected chi connectivity index (χ3v) is 2.70. The van der Waals surface area contributed by atoms with E-state index < -0.39 is 0 Å². The van der Waals surface area contributed by atoms with Gasteiger partial charge in [0.15, 0.2) is 0 Å². The van der Waals surface area contributed by atoms with E-state index in [4.69, 9.17) is 0 Å². The summed E-state index contributed by atoms with van der Waals surface area (Å²) in [6, 6.07) is 8.34. The van der Waals surface area contributed by atoms with E-state index in [0.717, 1.165) is 13.0 Å². The van der Waals surface area contributed by atoms with Gasteiger partial charge >= 0.3 is 0 Å². The lowest BCUT2D eigenvalue weighted by atomic mass is 10.2. The van der Waals surface area contributed by atoms with Gasteiger partial charge < -0.3 is 5.43 Å². The van der Waals surface area contributed by atoms with Gasteiger partial charge in [0.1, 0.15) is 0 Å². The molecule has 2 aromatic rings. The molecule has 0 aromatic carbocycles. The van der Waals surface area contributed by atoms with Crippen molar-refractivity contribution >= 4 is 0 Å². The van der Waals surface area contributed by atoms with Gasteiger partial charge in [-0.25, -0.2) is 0 Å². The first-order valence-corrected chi connectivity index (χ1v) is 5.55. The fourth-order valence-corrected chi connectivity index (χ4v) is 1.78. The van der Waals surface area contributed by atoms with Crippen molar-refractivity contribution in [2.24, 2.45) is 0 Å². The van der Waals surface area contributed by atoms with Crippen molar-refractivity contribution in [1.29, 1.82) is 0 Å². The summed E-state index contributed by atoms with van der Waals surface area (Å²) in [5, 5.41) is 0. The van der Waals surface area contributed by atoms with Crippen LogP contribution in [-0.2, 0) is 6.42 Å². The highest BCUT2D eigenvalue weighted by Gasteiger charge is 1.99. The lowest BCUT2D eigenvalue weighted by Gasteiger charge is -2.12. The summed E-state index contributed by atoms with van der Waals surface area (Å²) in [5.41, 5.74) is 7.20. The second-order valence-corrected chi connectivity index (χ2v) is 3.97. The Balaban J connectivity index is 1.89. The van der Waals surface area contributed by atoms with Gasteiger partial charge in [0.05, 0.1) is 0 Å². The van der Waals surface area contributed by atoms with Crippen molar-refractivity contribution in [2.75, 3.05) is 12.0 Å². The molecule has 0 atom stereocenters. The lowest BCUT2D eigenvalue weighted by Crippen LogP contribution is -2.19. The molecule has 3 heteroatoms. The molecule has 84 valence electrons. The molecule has 2 heterocycles. The Bertz CT molecular complexity index is 426. The highest BCUT2D eigenvalue weighted by molar-refractivity contribution is 5.16. The second-order valence-electron chi connectivity index (χ2n) is 3.97. The SMILES string of the molecule is Cc1ccc(C)n1NCCc1ccncc1. The van der Waals surface area contributed by atoms with Gasteiger partial charge in [-0.2, -0.15) is 0 Å². The lowest BCUT2D eigenvalue weighted by molar-refractivity contribution is 0.781. The van der Waals surface area contributed by atoms with Crippen LogP contribution >= 0.6 is 0 Å². The van der Waals surface area contributed by atoms with Crippen molar-refractivity contribution in [2.45, 2.75) is 20.3 Å². The summed E-state index contributed by atoms with van der Waals surface area (Å²) >= 11 is 0. The molecule has 2 aromatic heterocycles. The number of nitrogens with one attached hydrogen (secondary N) is 1. The van der Waals surface area contributed by atoms with Crippen molar-refractivity contribution in [1.82, 2.24) is 9.66 Å². The topological polar surface area (TPSA) is 29.9 Å². The zero-order valence-corrected chi connectivity index (χ0v) is 9.77. The molecule has 0 saturated carbocycles. The number of nitrogens with zero attached hydrogens (tertiary/aromatic N) is 2. The molecule has 0 saturated heterocycles. The van der Waals surface area contributed by atoms with Gasteiger partial charge in [-0.05, 0) is 50.1 Å². The summed E-state index contributed by atoms with van der Waals surface area (Å²) in [6.07, 6.45) is 4.68. The molecular weight excluding hydrogens is 198 g/mol. The number of aryl methyl sites for hydroxylation is 2. The normalized spacial score (nSPS) is 10.4. The highest BCUT2D eigenvalue weighted by atomic mass is 15.4. The summed E-state index contributed by atoms with van der Waals surface area (Å²) < 4.78 is 2.13. The fraction of sp³-hybridized carbons (Fsp3) is 0.308. The van der Waals surface area contributed by atoms with E-state index in [-0.39, 0.29) is 0 Å². The molecule has 16 heavy (non-hydrogen) atoms. The van der Waals surface area contributed by atoms with Gasteiger partial charge in [-0.3, -0.25) is 9.66 Å². The first-order chi connectivity index (χ1) is 7.77. The maximum absolute atomic E-state index is 4.01. The Morgan fingerprint density at radius 3 is 2.31 bits per heavy atom. The minimum Gasteiger partial charge on any atom is -0.326 e. The molecule has 0 spiro atoms. The molecule has 1 N–H and O–H groups in total. The minimum atomic E-state index is 0.931. The Labute approximate surface area is 96.1 Å². The van der Waals surface area contributed by atoms with Crippen molar-refractivity contribution in [3.8, 4) is 0 Å². The number of rotatable bonds is 4. The highest BCUT2D eigenvalue weighted by Crippen LogP contribution is 2.04. The van der Waals surface area contributed by atoms with Crippen LogP contribution in [0.5, 0.6) is 0 Å². The van der Waals surface area contributed by atoms with Gasteiger partial charge in [-0.1, -0.05) is 0 Å². The van der Waals surface area contributed by atoms with Crippen LogP contribution in [0.2, 0.25) is 0 Å². The standard InChI is InChI=1S/C13H17N3/c1-11-3-4-12(2)16(11)15-10-7-13-5-8-14-9-6-13/h3-6,8-9,15H,7,10H2,1-2H3. The molecule has 0 radical (unpaired) electrons. The summed E-state index contributed by atoms with van der Waals surface area (Å²) in [6.45, 7) is 5.14. The van der Waals surface area contributed by atoms with E-state index in [1.165, 1.54) is 17.0 Å². The van der Waals surface area contributed by atoms with Crippen LogP contribution in [0.3, 0.4) is 0 Å². The average molecular weight is 215 g/mol. The van der Waals surface area contributed by atoms with Crippen LogP contribution in [0.1, 0.15) is 17.0 Å². The summed E-state index contributed by atoms with van der Waals surface area (Å²) in [5.74, 6) is 0. The van der Waals surface area contributed by atoms with Crippen LogP contribution in [0, 0.1) is 13.8 Å². The maximum Gasteiger partial charge on any atom is 0.0366 e. The number of pyridine rings is 1. The van der Waals surface area contributed by atoms with E-state index in [0.29, 0.717) is 0 Å². The number of hydrogen-bond acceptors (Lipinski definition) is 2. The van der Waals surface area contributed by atoms with Crippen LogP contribution in [0.4, 0.5) is 0 Å². The van der Waals surface area contributed by atoms with E-state index in [9.17, 15) is 0 Å². The van der Waals surface area contributed by atoms with E-state index >= 15 is 0 Å². The summed E-state index contributed by atoms with van der Waals surface area (Å²) in [4.78, 5) is 4.01. The largest absolute Gasteiger partial charge is 0.326 e. The predicted molar refractivity (Wildman–Crippen MR) is 66.1 cm³/mol. The van der Waals surface area contributed by atoms with Gasteiger partial charge in [-0.15, -0.1) is 0 Å². The van der Waals surface area contributed by atoms with Gasteiger partial charge in [0, 0.05) is 30.3 Å². The third kappa shape index (κ3) is 2.42. The summed E-state index contributed by atoms with van der Waals surface area (Å²) in [7, 11) is 0. The van der Waals surface area contributed by atoms with Crippen molar-refractivity contribution in [3.05, 3.63) is 53.6 Å². The predicted octanol–water partition coefficient (Wildman–Crippen LogP) is 2.29. The number of hydrogen-bond donors (Lipinski definition) is 1. The van der Waals surface area contributed by atoms with Crippen LogP contribution in [-0.4, -0.2) is 16.2 Å². The van der Waals surface area contributed by atoms with E-state index in [1.54, 1.807) is 0 Å².